The molecule has 3 aromatic rings. The highest BCUT2D eigenvalue weighted by Crippen LogP contribution is 2.61. The van der Waals surface area contributed by atoms with Crippen molar-refractivity contribution < 1.29 is 9.21 Å². The number of aromatic nitrogens is 1. The van der Waals surface area contributed by atoms with Gasteiger partial charge in [0.05, 0.1) is 0 Å². The van der Waals surface area contributed by atoms with Crippen LogP contribution in [0.2, 0.25) is 0 Å². The summed E-state index contributed by atoms with van der Waals surface area (Å²) in [4.78, 5) is 17.9. The second kappa shape index (κ2) is 7.19. The zero-order chi connectivity index (χ0) is 22.0. The van der Waals surface area contributed by atoms with Crippen molar-refractivity contribution in [2.75, 3.05) is 5.32 Å². The molecule has 4 fully saturated rings. The number of fused-ring (bicyclic) bond motifs is 1. The Morgan fingerprint density at radius 2 is 1.62 bits per heavy atom. The molecule has 32 heavy (non-hydrogen) atoms. The zero-order valence-corrected chi connectivity index (χ0v) is 19.3. The van der Waals surface area contributed by atoms with E-state index in [4.69, 9.17) is 9.40 Å². The summed E-state index contributed by atoms with van der Waals surface area (Å²) in [5, 5.41) is 3.24. The lowest BCUT2D eigenvalue weighted by molar-refractivity contribution is -0.124. The van der Waals surface area contributed by atoms with Crippen LogP contribution in [0.5, 0.6) is 0 Å². The van der Waals surface area contributed by atoms with Crippen molar-refractivity contribution in [1.82, 2.24) is 4.98 Å². The SMILES string of the molecule is Cc1cc2nc(-c3ccc(C)c(NC(=O)CC45CC6CC(CC(C6)C4)C5)c3)oc2cc1C. The fourth-order valence-electron chi connectivity index (χ4n) is 7.23. The Labute approximate surface area is 189 Å². The van der Waals surface area contributed by atoms with Crippen LogP contribution in [0.1, 0.15) is 61.6 Å². The number of nitrogens with one attached hydrogen (secondary N) is 1. The van der Waals surface area contributed by atoms with Gasteiger partial charge in [0, 0.05) is 17.7 Å². The molecule has 1 N–H and O–H groups in total. The topological polar surface area (TPSA) is 55.1 Å². The minimum absolute atomic E-state index is 0.163. The molecule has 0 atom stereocenters. The summed E-state index contributed by atoms with van der Waals surface area (Å²) < 4.78 is 6.06. The first-order valence-electron chi connectivity index (χ1n) is 12.1. The Morgan fingerprint density at radius 1 is 0.969 bits per heavy atom. The molecule has 4 aliphatic carbocycles. The van der Waals surface area contributed by atoms with Crippen molar-refractivity contribution in [2.45, 2.75) is 65.7 Å². The molecular formula is C28H32N2O2. The smallest absolute Gasteiger partial charge is 0.227 e. The molecule has 1 aromatic heterocycles. The predicted octanol–water partition coefficient (Wildman–Crippen LogP) is 6.97. The van der Waals surface area contributed by atoms with E-state index >= 15 is 0 Å². The largest absolute Gasteiger partial charge is 0.436 e. The fraction of sp³-hybridized carbons (Fsp3) is 0.500. The second-order valence-electron chi connectivity index (χ2n) is 11.1. The first-order chi connectivity index (χ1) is 15.4. The molecule has 1 heterocycles. The lowest BCUT2D eigenvalue weighted by Crippen LogP contribution is -2.47. The van der Waals surface area contributed by atoms with Crippen LogP contribution in [0.15, 0.2) is 34.7 Å². The van der Waals surface area contributed by atoms with Gasteiger partial charge in [-0.05, 0) is 123 Å². The quantitative estimate of drug-likeness (QED) is 0.488. The number of carbonyl (C=O) groups is 1. The third-order valence-corrected chi connectivity index (χ3v) is 8.46. The average molecular weight is 429 g/mol. The molecule has 0 saturated heterocycles. The summed E-state index contributed by atoms with van der Waals surface area (Å²) in [6, 6.07) is 10.2. The van der Waals surface area contributed by atoms with E-state index in [0.717, 1.165) is 45.7 Å². The fourth-order valence-corrected chi connectivity index (χ4v) is 7.23. The molecule has 4 heteroatoms. The lowest BCUT2D eigenvalue weighted by Gasteiger charge is -2.56. The summed E-state index contributed by atoms with van der Waals surface area (Å²) in [5.41, 5.74) is 7.16. The van der Waals surface area contributed by atoms with Crippen LogP contribution >= 0.6 is 0 Å². The van der Waals surface area contributed by atoms with Crippen LogP contribution in [-0.4, -0.2) is 10.9 Å². The summed E-state index contributed by atoms with van der Waals surface area (Å²) in [6.45, 7) is 6.22. The first kappa shape index (κ1) is 20.0. The van der Waals surface area contributed by atoms with Crippen molar-refractivity contribution in [3.63, 3.8) is 0 Å². The number of benzene rings is 2. The molecular weight excluding hydrogens is 396 g/mol. The highest BCUT2D eigenvalue weighted by atomic mass is 16.3. The van der Waals surface area contributed by atoms with Crippen molar-refractivity contribution in [2.24, 2.45) is 23.2 Å². The van der Waals surface area contributed by atoms with Gasteiger partial charge in [-0.25, -0.2) is 4.98 Å². The maximum absolute atomic E-state index is 13.2. The van der Waals surface area contributed by atoms with E-state index < -0.39 is 0 Å². The van der Waals surface area contributed by atoms with Crippen LogP contribution in [-0.2, 0) is 4.79 Å². The number of amides is 1. The Balaban J connectivity index is 1.23. The van der Waals surface area contributed by atoms with Gasteiger partial charge in [0.1, 0.15) is 5.52 Å². The average Bonchev–Trinajstić information content (AvgIpc) is 3.11. The molecule has 0 radical (unpaired) electrons. The highest BCUT2D eigenvalue weighted by molar-refractivity contribution is 5.93. The van der Waals surface area contributed by atoms with E-state index in [9.17, 15) is 4.79 Å². The molecule has 0 spiro atoms. The zero-order valence-electron chi connectivity index (χ0n) is 19.3. The number of hydrogen-bond acceptors (Lipinski definition) is 3. The van der Waals surface area contributed by atoms with Crippen LogP contribution in [0, 0.1) is 43.9 Å². The summed E-state index contributed by atoms with van der Waals surface area (Å²) in [7, 11) is 0. The van der Waals surface area contributed by atoms with Crippen molar-refractivity contribution in [3.8, 4) is 11.5 Å². The van der Waals surface area contributed by atoms with Crippen LogP contribution in [0.3, 0.4) is 0 Å². The Hall–Kier alpha value is -2.62. The molecule has 0 aliphatic heterocycles. The number of anilines is 1. The summed E-state index contributed by atoms with van der Waals surface area (Å²) >= 11 is 0. The van der Waals surface area contributed by atoms with Gasteiger partial charge in [-0.15, -0.1) is 0 Å². The molecule has 1 amide bonds. The third-order valence-electron chi connectivity index (χ3n) is 8.46. The molecule has 7 rings (SSSR count). The number of rotatable bonds is 4. The van der Waals surface area contributed by atoms with Gasteiger partial charge in [0.15, 0.2) is 5.58 Å². The number of nitrogens with zero attached hydrogens (tertiary/aromatic N) is 1. The van der Waals surface area contributed by atoms with E-state index in [1.807, 2.05) is 31.2 Å². The van der Waals surface area contributed by atoms with Gasteiger partial charge in [0.25, 0.3) is 0 Å². The molecule has 4 aliphatic rings. The first-order valence-corrected chi connectivity index (χ1v) is 12.1. The van der Waals surface area contributed by atoms with Gasteiger partial charge >= 0.3 is 0 Å². The number of carbonyl (C=O) groups excluding carboxylic acids is 1. The van der Waals surface area contributed by atoms with Gasteiger partial charge < -0.3 is 9.73 Å². The molecule has 2 aromatic carbocycles. The molecule has 4 saturated carbocycles. The van der Waals surface area contributed by atoms with E-state index in [1.54, 1.807) is 0 Å². The summed E-state index contributed by atoms with van der Waals surface area (Å²) in [5.74, 6) is 3.36. The standard InChI is InChI=1S/C28H32N2O2/c1-16-4-5-22(27-30-24-6-17(2)18(3)7-25(24)32-27)11-23(16)29-26(31)15-28-12-19-8-20(13-28)10-21(9-19)14-28/h4-7,11,19-21H,8-10,12-15H2,1-3H3,(H,29,31). The number of oxazole rings is 1. The van der Waals surface area contributed by atoms with E-state index in [-0.39, 0.29) is 11.3 Å². The van der Waals surface area contributed by atoms with Gasteiger partial charge in [-0.1, -0.05) is 6.07 Å². The number of hydrogen-bond donors (Lipinski definition) is 1. The second-order valence-corrected chi connectivity index (χ2v) is 11.1. The van der Waals surface area contributed by atoms with E-state index in [0.29, 0.717) is 12.3 Å². The van der Waals surface area contributed by atoms with Gasteiger partial charge in [0.2, 0.25) is 11.8 Å². The normalized spacial score (nSPS) is 28.4. The molecule has 0 unspecified atom stereocenters. The van der Waals surface area contributed by atoms with E-state index in [2.05, 4.69) is 25.2 Å². The number of aryl methyl sites for hydroxylation is 3. The monoisotopic (exact) mass is 428 g/mol. The Morgan fingerprint density at radius 3 is 2.31 bits per heavy atom. The maximum Gasteiger partial charge on any atom is 0.227 e. The maximum atomic E-state index is 13.2. The highest BCUT2D eigenvalue weighted by Gasteiger charge is 2.51. The van der Waals surface area contributed by atoms with Crippen molar-refractivity contribution in [1.29, 1.82) is 0 Å². The van der Waals surface area contributed by atoms with E-state index in [1.165, 1.54) is 49.7 Å². The molecule has 166 valence electrons. The summed E-state index contributed by atoms with van der Waals surface area (Å²) in [6.07, 6.45) is 8.66. The van der Waals surface area contributed by atoms with Crippen molar-refractivity contribution >= 4 is 22.7 Å². The minimum atomic E-state index is 0.163. The van der Waals surface area contributed by atoms with Crippen molar-refractivity contribution in [3.05, 3.63) is 47.0 Å². The van der Waals surface area contributed by atoms with Gasteiger partial charge in [-0.3, -0.25) is 4.79 Å². The Kier molecular flexibility index (Phi) is 4.50. The minimum Gasteiger partial charge on any atom is -0.436 e. The molecule has 4 bridgehead atoms. The lowest BCUT2D eigenvalue weighted by atomic mass is 9.49. The van der Waals surface area contributed by atoms with Crippen LogP contribution in [0.25, 0.3) is 22.6 Å². The predicted molar refractivity (Wildman–Crippen MR) is 128 cm³/mol. The van der Waals surface area contributed by atoms with Crippen LogP contribution < -0.4 is 5.32 Å². The molecule has 4 nitrogen and oxygen atoms in total. The Bertz CT molecular complexity index is 1150. The third kappa shape index (κ3) is 3.44. The van der Waals surface area contributed by atoms with Crippen LogP contribution in [0.4, 0.5) is 5.69 Å². The van der Waals surface area contributed by atoms with Gasteiger partial charge in [-0.2, -0.15) is 0 Å².